The van der Waals surface area contributed by atoms with Gasteiger partial charge in [-0.3, -0.25) is 0 Å². The molecule has 0 heterocycles. The first kappa shape index (κ1) is 23.1. The van der Waals surface area contributed by atoms with Crippen LogP contribution in [0.5, 0.6) is 5.75 Å². The summed E-state index contributed by atoms with van der Waals surface area (Å²) >= 11 is 0. The third-order valence-corrected chi connectivity index (χ3v) is 5.35. The maximum absolute atomic E-state index is 5.78. The van der Waals surface area contributed by atoms with E-state index in [9.17, 15) is 0 Å². The van der Waals surface area contributed by atoms with Crippen molar-refractivity contribution in [2.45, 2.75) is 78.6 Å². The summed E-state index contributed by atoms with van der Waals surface area (Å²) in [4.78, 5) is 0. The largest absolute Gasteiger partial charge is 0.493 e. The number of benzene rings is 2. The second-order valence-corrected chi connectivity index (χ2v) is 8.06. The predicted molar refractivity (Wildman–Crippen MR) is 124 cm³/mol. The highest BCUT2D eigenvalue weighted by molar-refractivity contribution is 5.43. The highest BCUT2D eigenvalue weighted by atomic mass is 16.5. The summed E-state index contributed by atoms with van der Waals surface area (Å²) < 4.78 is 5.78. The van der Waals surface area contributed by atoms with Crippen LogP contribution >= 0.6 is 0 Å². The lowest BCUT2D eigenvalue weighted by Crippen LogP contribution is -2.06. The standard InChI is InChI=1S/C26H38N2O/c1-4-6-7-8-9-10-11-12-23-13-15-24(16-14-23)27-28-25-17-19-26(20-18-25)29-21-22(3)5-2/h13-20,22H,4-12,21H2,1-3H3/t22-/m0/s1. The molecule has 0 saturated carbocycles. The van der Waals surface area contributed by atoms with Crippen LogP contribution in [0.1, 0.15) is 77.7 Å². The molecule has 1 atom stereocenters. The molecule has 2 rings (SSSR count). The molecule has 0 radical (unpaired) electrons. The van der Waals surface area contributed by atoms with E-state index in [4.69, 9.17) is 4.74 Å². The van der Waals surface area contributed by atoms with Gasteiger partial charge in [0, 0.05) is 0 Å². The van der Waals surface area contributed by atoms with Gasteiger partial charge >= 0.3 is 0 Å². The van der Waals surface area contributed by atoms with E-state index in [-0.39, 0.29) is 0 Å². The summed E-state index contributed by atoms with van der Waals surface area (Å²) in [6.07, 6.45) is 11.7. The molecule has 0 aliphatic heterocycles. The first-order chi connectivity index (χ1) is 14.2. The van der Waals surface area contributed by atoms with Crippen molar-refractivity contribution in [3.05, 3.63) is 54.1 Å². The molecule has 158 valence electrons. The molecule has 0 saturated heterocycles. The smallest absolute Gasteiger partial charge is 0.119 e. The number of nitrogens with zero attached hydrogens (tertiary/aromatic N) is 2. The first-order valence-electron chi connectivity index (χ1n) is 11.4. The molecule has 0 N–H and O–H groups in total. The minimum atomic E-state index is 0.572. The number of rotatable bonds is 14. The van der Waals surface area contributed by atoms with Gasteiger partial charge in [-0.2, -0.15) is 10.2 Å². The molecule has 2 aromatic carbocycles. The molecule has 3 heteroatoms. The van der Waals surface area contributed by atoms with E-state index < -0.39 is 0 Å². The maximum atomic E-state index is 5.78. The molecule has 0 amide bonds. The van der Waals surface area contributed by atoms with Crippen LogP contribution in [0, 0.1) is 5.92 Å². The van der Waals surface area contributed by atoms with Crippen molar-refractivity contribution in [1.29, 1.82) is 0 Å². The molecule has 0 aromatic heterocycles. The molecule has 0 aliphatic carbocycles. The second kappa shape index (κ2) is 13.9. The Kier molecular flexibility index (Phi) is 11.1. The van der Waals surface area contributed by atoms with Crippen molar-refractivity contribution in [2.24, 2.45) is 16.1 Å². The van der Waals surface area contributed by atoms with E-state index in [0.717, 1.165) is 36.6 Å². The minimum absolute atomic E-state index is 0.572. The van der Waals surface area contributed by atoms with E-state index in [0.29, 0.717) is 5.92 Å². The maximum Gasteiger partial charge on any atom is 0.119 e. The predicted octanol–water partition coefficient (Wildman–Crippen LogP) is 8.82. The highest BCUT2D eigenvalue weighted by Gasteiger charge is 2.01. The normalized spacial score (nSPS) is 12.4. The SMILES string of the molecule is CCCCCCCCCc1ccc(N=Nc2ccc(OC[C@@H](C)CC)cc2)cc1. The van der Waals surface area contributed by atoms with E-state index >= 15 is 0 Å². The van der Waals surface area contributed by atoms with E-state index in [1.54, 1.807) is 0 Å². The van der Waals surface area contributed by atoms with Gasteiger partial charge in [-0.15, -0.1) is 0 Å². The molecule has 2 aromatic rings. The van der Waals surface area contributed by atoms with Gasteiger partial charge in [0.15, 0.2) is 0 Å². The third-order valence-electron chi connectivity index (χ3n) is 5.35. The Bertz CT molecular complexity index is 692. The summed E-state index contributed by atoms with van der Waals surface area (Å²) in [5.41, 5.74) is 3.12. The monoisotopic (exact) mass is 394 g/mol. The molecule has 3 nitrogen and oxygen atoms in total. The lowest BCUT2D eigenvalue weighted by molar-refractivity contribution is 0.256. The Labute approximate surface area is 177 Å². The van der Waals surface area contributed by atoms with E-state index in [2.05, 4.69) is 55.3 Å². The number of azo groups is 1. The Morgan fingerprint density at radius 2 is 1.28 bits per heavy atom. The van der Waals surface area contributed by atoms with Gasteiger partial charge in [0.05, 0.1) is 18.0 Å². The molecule has 0 bridgehead atoms. The zero-order valence-corrected chi connectivity index (χ0v) is 18.6. The highest BCUT2D eigenvalue weighted by Crippen LogP contribution is 2.22. The van der Waals surface area contributed by atoms with Crippen molar-refractivity contribution < 1.29 is 4.74 Å². The van der Waals surface area contributed by atoms with Gasteiger partial charge < -0.3 is 4.74 Å². The molecular weight excluding hydrogens is 356 g/mol. The van der Waals surface area contributed by atoms with Gasteiger partial charge in [-0.05, 0) is 60.7 Å². The Balaban J connectivity index is 1.72. The van der Waals surface area contributed by atoms with Crippen LogP contribution in [0.15, 0.2) is 58.8 Å². The summed E-state index contributed by atoms with van der Waals surface area (Å²) in [6.45, 7) is 7.40. The van der Waals surface area contributed by atoms with Crippen molar-refractivity contribution in [3.63, 3.8) is 0 Å². The number of hydrogen-bond acceptors (Lipinski definition) is 3. The summed E-state index contributed by atoms with van der Waals surface area (Å²) in [5.74, 6) is 1.46. The van der Waals surface area contributed by atoms with Crippen LogP contribution < -0.4 is 4.74 Å². The Morgan fingerprint density at radius 3 is 1.86 bits per heavy atom. The molecule has 0 spiro atoms. The van der Waals surface area contributed by atoms with Crippen LogP contribution in [0.4, 0.5) is 11.4 Å². The van der Waals surface area contributed by atoms with Gasteiger partial charge in [0.2, 0.25) is 0 Å². The molecule has 0 unspecified atom stereocenters. The quantitative estimate of drug-likeness (QED) is 0.233. The number of ether oxygens (including phenoxy) is 1. The lowest BCUT2D eigenvalue weighted by Gasteiger charge is -2.10. The van der Waals surface area contributed by atoms with Crippen LogP contribution in [0.3, 0.4) is 0 Å². The van der Waals surface area contributed by atoms with Crippen molar-refractivity contribution in [1.82, 2.24) is 0 Å². The molecule has 29 heavy (non-hydrogen) atoms. The van der Waals surface area contributed by atoms with E-state index in [1.807, 2.05) is 24.3 Å². The summed E-state index contributed by atoms with van der Waals surface area (Å²) in [7, 11) is 0. The van der Waals surface area contributed by atoms with Crippen LogP contribution in [0.2, 0.25) is 0 Å². The van der Waals surface area contributed by atoms with Gasteiger partial charge in [-0.25, -0.2) is 0 Å². The average molecular weight is 395 g/mol. The minimum Gasteiger partial charge on any atom is -0.493 e. The van der Waals surface area contributed by atoms with Crippen LogP contribution in [-0.4, -0.2) is 6.61 Å². The Hall–Kier alpha value is -2.16. The zero-order valence-electron chi connectivity index (χ0n) is 18.6. The number of aryl methyl sites for hydroxylation is 1. The zero-order chi connectivity index (χ0) is 20.7. The van der Waals surface area contributed by atoms with Crippen molar-refractivity contribution in [2.75, 3.05) is 6.61 Å². The van der Waals surface area contributed by atoms with E-state index in [1.165, 1.54) is 50.5 Å². The van der Waals surface area contributed by atoms with Gasteiger partial charge in [0.1, 0.15) is 5.75 Å². The fourth-order valence-corrected chi connectivity index (χ4v) is 3.10. The van der Waals surface area contributed by atoms with Crippen LogP contribution in [0.25, 0.3) is 0 Å². The van der Waals surface area contributed by atoms with Crippen molar-refractivity contribution >= 4 is 11.4 Å². The lowest BCUT2D eigenvalue weighted by atomic mass is 10.0. The summed E-state index contributed by atoms with van der Waals surface area (Å²) in [5, 5.41) is 8.70. The topological polar surface area (TPSA) is 34.0 Å². The average Bonchev–Trinajstić information content (AvgIpc) is 2.77. The van der Waals surface area contributed by atoms with Gasteiger partial charge in [-0.1, -0.05) is 77.8 Å². The number of unbranched alkanes of at least 4 members (excludes halogenated alkanes) is 6. The number of hydrogen-bond donors (Lipinski definition) is 0. The first-order valence-corrected chi connectivity index (χ1v) is 11.4. The van der Waals surface area contributed by atoms with Gasteiger partial charge in [0.25, 0.3) is 0 Å². The molecular formula is C26H38N2O. The fourth-order valence-electron chi connectivity index (χ4n) is 3.10. The third kappa shape index (κ3) is 9.74. The summed E-state index contributed by atoms with van der Waals surface area (Å²) in [6, 6.07) is 16.3. The second-order valence-electron chi connectivity index (χ2n) is 8.06. The Morgan fingerprint density at radius 1 is 0.724 bits per heavy atom. The molecule has 0 aliphatic rings. The van der Waals surface area contributed by atoms with Crippen molar-refractivity contribution in [3.8, 4) is 5.75 Å². The van der Waals surface area contributed by atoms with Crippen LogP contribution in [-0.2, 0) is 6.42 Å². The fraction of sp³-hybridized carbons (Fsp3) is 0.538. The molecule has 0 fully saturated rings.